The van der Waals surface area contributed by atoms with Crippen LogP contribution in [0.4, 0.5) is 4.39 Å². The van der Waals surface area contributed by atoms with Crippen LogP contribution in [0.25, 0.3) is 11.3 Å². The third-order valence-electron chi connectivity index (χ3n) is 4.61. The maximum Gasteiger partial charge on any atom is 0.337 e. The number of halogens is 1. The zero-order valence-electron chi connectivity index (χ0n) is 19.9. The Bertz CT molecular complexity index is 1320. The fourth-order valence-electron chi connectivity index (χ4n) is 2.92. The van der Waals surface area contributed by atoms with E-state index in [2.05, 4.69) is 10.3 Å². The summed E-state index contributed by atoms with van der Waals surface area (Å²) in [6, 6.07) is 11.8. The molecule has 0 spiro atoms. The molecular formula is C24H25FN2O8S. The lowest BCUT2D eigenvalue weighted by Crippen LogP contribution is -2.14. The lowest BCUT2D eigenvalue weighted by molar-refractivity contribution is 0.0600. The molecule has 0 amide bonds. The highest BCUT2D eigenvalue weighted by Gasteiger charge is 2.17. The number of oxime groups is 1. The Morgan fingerprint density at radius 2 is 1.89 bits per heavy atom. The number of carbonyl (C=O) groups is 1. The lowest BCUT2D eigenvalue weighted by atomic mass is 10.1. The molecule has 1 aromatic heterocycles. The number of rotatable bonds is 12. The number of carbonyl (C=O) groups excluding carboxylic acids is 1. The zero-order valence-corrected chi connectivity index (χ0v) is 20.7. The van der Waals surface area contributed by atoms with E-state index in [0.717, 1.165) is 12.7 Å². The topological polar surface area (TPSA) is 127 Å². The number of aromatic nitrogens is 1. The van der Waals surface area contributed by atoms with Crippen LogP contribution in [-0.4, -0.2) is 51.8 Å². The van der Waals surface area contributed by atoms with Crippen LogP contribution in [0.3, 0.4) is 0 Å². The van der Waals surface area contributed by atoms with Crippen molar-refractivity contribution in [2.24, 2.45) is 5.16 Å². The average Bonchev–Trinajstić information content (AvgIpc) is 3.34. The van der Waals surface area contributed by atoms with Crippen molar-refractivity contribution in [1.29, 1.82) is 0 Å². The number of hydrogen-bond donors (Lipinski definition) is 0. The van der Waals surface area contributed by atoms with Gasteiger partial charge in [-0.1, -0.05) is 17.2 Å². The van der Waals surface area contributed by atoms with Gasteiger partial charge in [0.2, 0.25) is 0 Å². The molecule has 192 valence electrons. The van der Waals surface area contributed by atoms with Crippen molar-refractivity contribution in [3.8, 4) is 17.0 Å². The molecule has 0 aliphatic carbocycles. The van der Waals surface area contributed by atoms with Crippen LogP contribution in [0, 0.1) is 5.82 Å². The smallest absolute Gasteiger partial charge is 0.337 e. The summed E-state index contributed by atoms with van der Waals surface area (Å²) >= 11 is 0. The van der Waals surface area contributed by atoms with Crippen molar-refractivity contribution >= 4 is 21.8 Å². The Kier molecular flexibility index (Phi) is 9.14. The second-order valence-electron chi connectivity index (χ2n) is 7.57. The maximum atomic E-state index is 13.2. The summed E-state index contributed by atoms with van der Waals surface area (Å²) in [5.74, 6) is -0.524. The quantitative estimate of drug-likeness (QED) is 0.115. The third kappa shape index (κ3) is 7.89. The Labute approximate surface area is 207 Å². The molecule has 10 nitrogen and oxygen atoms in total. The summed E-state index contributed by atoms with van der Waals surface area (Å²) in [5.41, 5.74) is 1.88. The largest absolute Gasteiger partial charge is 0.487 e. The lowest BCUT2D eigenvalue weighted by Gasteiger charge is -2.11. The van der Waals surface area contributed by atoms with Crippen molar-refractivity contribution in [2.45, 2.75) is 20.0 Å². The number of esters is 1. The summed E-state index contributed by atoms with van der Waals surface area (Å²) in [4.78, 5) is 17.4. The summed E-state index contributed by atoms with van der Waals surface area (Å²) in [6.45, 7) is 1.83. The molecule has 0 N–H and O–H groups in total. The first-order valence-electron chi connectivity index (χ1n) is 10.8. The van der Waals surface area contributed by atoms with E-state index in [1.807, 2.05) is 6.92 Å². The fraction of sp³-hybridized carbons (Fsp3) is 0.292. The minimum Gasteiger partial charge on any atom is -0.487 e. The number of nitrogens with zero attached hydrogens (tertiary/aromatic N) is 2. The Balaban J connectivity index is 1.84. The van der Waals surface area contributed by atoms with E-state index in [4.69, 9.17) is 23.0 Å². The van der Waals surface area contributed by atoms with Gasteiger partial charge in [0.15, 0.2) is 11.5 Å². The van der Waals surface area contributed by atoms with E-state index in [1.165, 1.54) is 37.4 Å². The molecule has 0 atom stereocenters. The van der Waals surface area contributed by atoms with Crippen molar-refractivity contribution in [3.63, 3.8) is 0 Å². The Morgan fingerprint density at radius 1 is 1.14 bits per heavy atom. The number of benzene rings is 2. The zero-order chi connectivity index (χ0) is 26.1. The van der Waals surface area contributed by atoms with Gasteiger partial charge in [-0.2, -0.15) is 8.42 Å². The standard InChI is InChI=1S/C24H25FN2O8S/c1-4-9-33-26-22(23-13-21(27-35-23)17-5-7-19(25)8-6-17)15-32-20-11-16(14-34-36(3,29)30)10-18(12-20)24(28)31-2/h5-8,10-13H,4,9,14-15H2,1-3H3. The molecule has 2 aromatic carbocycles. The molecule has 1 heterocycles. The summed E-state index contributed by atoms with van der Waals surface area (Å²) in [7, 11) is -2.48. The van der Waals surface area contributed by atoms with E-state index < -0.39 is 16.1 Å². The van der Waals surface area contributed by atoms with E-state index in [-0.39, 0.29) is 41.8 Å². The first-order chi connectivity index (χ1) is 17.2. The predicted molar refractivity (Wildman–Crippen MR) is 128 cm³/mol. The molecule has 3 aromatic rings. The van der Waals surface area contributed by atoms with Crippen LogP contribution in [0.2, 0.25) is 0 Å². The second-order valence-corrected chi connectivity index (χ2v) is 9.21. The predicted octanol–water partition coefficient (Wildman–Crippen LogP) is 3.95. The highest BCUT2D eigenvalue weighted by atomic mass is 32.2. The molecule has 0 fully saturated rings. The maximum absolute atomic E-state index is 13.2. The van der Waals surface area contributed by atoms with E-state index >= 15 is 0 Å². The van der Waals surface area contributed by atoms with Crippen molar-refractivity contribution in [1.82, 2.24) is 5.16 Å². The van der Waals surface area contributed by atoms with Gasteiger partial charge in [0.1, 0.15) is 30.5 Å². The van der Waals surface area contributed by atoms with Crippen LogP contribution in [0.15, 0.2) is 58.2 Å². The van der Waals surface area contributed by atoms with Gasteiger partial charge in [-0.05, 0) is 54.4 Å². The summed E-state index contributed by atoms with van der Waals surface area (Å²) < 4.78 is 56.8. The van der Waals surface area contributed by atoms with Gasteiger partial charge in [-0.25, -0.2) is 9.18 Å². The van der Waals surface area contributed by atoms with Crippen LogP contribution in [-0.2, 0) is 30.5 Å². The minimum atomic E-state index is -3.70. The van der Waals surface area contributed by atoms with Gasteiger partial charge in [-0.15, -0.1) is 0 Å². The Morgan fingerprint density at radius 3 is 2.56 bits per heavy atom. The van der Waals surface area contributed by atoms with Crippen LogP contribution in [0.5, 0.6) is 5.75 Å². The first kappa shape index (κ1) is 26.8. The molecule has 12 heteroatoms. The van der Waals surface area contributed by atoms with Crippen LogP contribution in [0.1, 0.15) is 35.0 Å². The molecular weight excluding hydrogens is 495 g/mol. The van der Waals surface area contributed by atoms with Gasteiger partial charge < -0.3 is 18.8 Å². The van der Waals surface area contributed by atoms with Crippen molar-refractivity contribution in [3.05, 3.63) is 71.2 Å². The third-order valence-corrected chi connectivity index (χ3v) is 5.15. The first-order valence-corrected chi connectivity index (χ1v) is 12.6. The monoisotopic (exact) mass is 520 g/mol. The minimum absolute atomic E-state index is 0.140. The normalized spacial score (nSPS) is 11.8. The highest BCUT2D eigenvalue weighted by Crippen LogP contribution is 2.22. The average molecular weight is 521 g/mol. The van der Waals surface area contributed by atoms with Gasteiger partial charge in [-0.3, -0.25) is 4.18 Å². The number of hydrogen-bond acceptors (Lipinski definition) is 10. The van der Waals surface area contributed by atoms with Gasteiger partial charge in [0.05, 0.1) is 25.5 Å². The van der Waals surface area contributed by atoms with Crippen LogP contribution < -0.4 is 4.74 Å². The molecule has 0 saturated carbocycles. The molecule has 0 unspecified atom stereocenters. The Hall–Kier alpha value is -3.77. The molecule has 36 heavy (non-hydrogen) atoms. The molecule has 0 aliphatic rings. The molecule has 0 saturated heterocycles. The van der Waals surface area contributed by atoms with E-state index in [1.54, 1.807) is 18.2 Å². The SMILES string of the molecule is CCCON=C(COc1cc(COS(C)(=O)=O)cc(C(=O)OC)c1)c1cc(-c2ccc(F)cc2)no1. The fourth-order valence-corrected chi connectivity index (χ4v) is 3.27. The molecule has 0 radical (unpaired) electrons. The van der Waals surface area contributed by atoms with E-state index in [9.17, 15) is 17.6 Å². The van der Waals surface area contributed by atoms with E-state index in [0.29, 0.717) is 23.4 Å². The van der Waals surface area contributed by atoms with Crippen LogP contribution >= 0.6 is 0 Å². The number of methoxy groups -OCH3 is 1. The van der Waals surface area contributed by atoms with Gasteiger partial charge in [0.25, 0.3) is 10.1 Å². The summed E-state index contributed by atoms with van der Waals surface area (Å²) in [6.07, 6.45) is 1.64. The van der Waals surface area contributed by atoms with Gasteiger partial charge >= 0.3 is 5.97 Å². The highest BCUT2D eigenvalue weighted by molar-refractivity contribution is 7.85. The molecule has 3 rings (SSSR count). The molecule has 0 aliphatic heterocycles. The second kappa shape index (κ2) is 12.3. The van der Waals surface area contributed by atoms with Crippen molar-refractivity contribution < 1.29 is 40.6 Å². The number of ether oxygens (including phenoxy) is 2. The molecule has 0 bridgehead atoms. The van der Waals surface area contributed by atoms with Crippen molar-refractivity contribution in [2.75, 3.05) is 26.6 Å². The summed E-state index contributed by atoms with van der Waals surface area (Å²) in [5, 5.41) is 8.09. The van der Waals surface area contributed by atoms with Gasteiger partial charge in [0, 0.05) is 11.6 Å².